The second-order valence-corrected chi connectivity index (χ2v) is 6.41. The van der Waals surface area contributed by atoms with E-state index in [1.807, 2.05) is 54.3 Å². The number of rotatable bonds is 6. The minimum absolute atomic E-state index is 0.00354. The maximum Gasteiger partial charge on any atom is 0.261 e. The van der Waals surface area contributed by atoms with Crippen LogP contribution in [-0.2, 0) is 4.79 Å². The lowest BCUT2D eigenvalue weighted by Crippen LogP contribution is -2.34. The first-order chi connectivity index (χ1) is 12.6. The molecule has 3 rings (SSSR count). The maximum atomic E-state index is 12.8. The molecule has 2 aromatic rings. The Hall–Kier alpha value is -2.69. The lowest BCUT2D eigenvalue weighted by molar-refractivity contribution is -0.134. The Labute approximate surface area is 154 Å². The van der Waals surface area contributed by atoms with Gasteiger partial charge in [-0.2, -0.15) is 0 Å². The van der Waals surface area contributed by atoms with Gasteiger partial charge in [-0.1, -0.05) is 18.2 Å². The van der Waals surface area contributed by atoms with E-state index < -0.39 is 0 Å². The van der Waals surface area contributed by atoms with Crippen molar-refractivity contribution >= 4 is 5.91 Å². The molecule has 1 amide bonds. The fraction of sp³-hybridized carbons (Fsp3) is 0.381. The van der Waals surface area contributed by atoms with Crippen LogP contribution in [0.15, 0.2) is 42.5 Å². The fourth-order valence-electron chi connectivity index (χ4n) is 3.42. The summed E-state index contributed by atoms with van der Waals surface area (Å²) in [6.07, 6.45) is 1.88. The molecule has 26 heavy (non-hydrogen) atoms. The molecule has 1 aliphatic rings. The molecular weight excluding hydrogens is 330 g/mol. The van der Waals surface area contributed by atoms with E-state index in [1.54, 1.807) is 14.2 Å². The zero-order chi connectivity index (χ0) is 18.5. The third-order valence-corrected chi connectivity index (χ3v) is 4.82. The summed E-state index contributed by atoms with van der Waals surface area (Å²) in [6.45, 7) is 2.75. The summed E-state index contributed by atoms with van der Waals surface area (Å²) in [6, 6.07) is 13.5. The summed E-state index contributed by atoms with van der Waals surface area (Å²) in [5, 5.41) is 0. The highest BCUT2D eigenvalue weighted by atomic mass is 16.5. The van der Waals surface area contributed by atoms with Crippen molar-refractivity contribution in [2.45, 2.75) is 25.8 Å². The highest BCUT2D eigenvalue weighted by molar-refractivity contribution is 5.78. The predicted octanol–water partition coefficient (Wildman–Crippen LogP) is 3.75. The summed E-state index contributed by atoms with van der Waals surface area (Å²) in [5.74, 6) is 2.23. The van der Waals surface area contributed by atoms with Crippen molar-refractivity contribution in [1.82, 2.24) is 4.90 Å². The molecule has 0 bridgehead atoms. The van der Waals surface area contributed by atoms with Crippen molar-refractivity contribution in [2.24, 2.45) is 0 Å². The number of aryl methyl sites for hydroxylation is 1. The Kier molecular flexibility index (Phi) is 5.66. The van der Waals surface area contributed by atoms with Crippen molar-refractivity contribution in [3.8, 4) is 17.2 Å². The SMILES string of the molecule is COc1ccc([C@H]2CCCN2C(=O)COc2ccccc2C)c(OC)c1. The number of methoxy groups -OCH3 is 2. The van der Waals surface area contributed by atoms with E-state index >= 15 is 0 Å². The molecule has 0 saturated carbocycles. The van der Waals surface area contributed by atoms with Gasteiger partial charge in [-0.15, -0.1) is 0 Å². The van der Waals surface area contributed by atoms with Crippen molar-refractivity contribution < 1.29 is 19.0 Å². The van der Waals surface area contributed by atoms with Crippen LogP contribution in [0.2, 0.25) is 0 Å². The molecule has 0 radical (unpaired) electrons. The van der Waals surface area contributed by atoms with Crippen molar-refractivity contribution in [1.29, 1.82) is 0 Å². The number of ether oxygens (including phenoxy) is 3. The normalized spacial score (nSPS) is 16.4. The average molecular weight is 355 g/mol. The van der Waals surface area contributed by atoms with Crippen molar-refractivity contribution in [3.63, 3.8) is 0 Å². The van der Waals surface area contributed by atoms with Gasteiger partial charge in [0.2, 0.25) is 0 Å². The molecule has 5 nitrogen and oxygen atoms in total. The Morgan fingerprint density at radius 1 is 1.12 bits per heavy atom. The molecule has 2 aromatic carbocycles. The van der Waals surface area contributed by atoms with Crippen LogP contribution >= 0.6 is 0 Å². The lowest BCUT2D eigenvalue weighted by Gasteiger charge is -2.26. The van der Waals surface area contributed by atoms with Crippen LogP contribution in [0.4, 0.5) is 0 Å². The van der Waals surface area contributed by atoms with Crippen LogP contribution in [0.25, 0.3) is 0 Å². The van der Waals surface area contributed by atoms with E-state index in [1.165, 1.54) is 0 Å². The Balaban J connectivity index is 1.73. The van der Waals surface area contributed by atoms with Crippen LogP contribution in [-0.4, -0.2) is 38.2 Å². The molecule has 1 fully saturated rings. The molecular formula is C21H25NO4. The minimum atomic E-state index is -0.00590. The quantitative estimate of drug-likeness (QED) is 0.792. The second kappa shape index (κ2) is 8.13. The first-order valence-corrected chi connectivity index (χ1v) is 8.84. The Morgan fingerprint density at radius 2 is 1.92 bits per heavy atom. The van der Waals surface area contributed by atoms with Gasteiger partial charge in [0.1, 0.15) is 17.2 Å². The van der Waals surface area contributed by atoms with E-state index in [0.29, 0.717) is 0 Å². The smallest absolute Gasteiger partial charge is 0.261 e. The molecule has 5 heteroatoms. The van der Waals surface area contributed by atoms with E-state index in [2.05, 4.69) is 0 Å². The van der Waals surface area contributed by atoms with Crippen LogP contribution in [0.3, 0.4) is 0 Å². The molecule has 1 aliphatic heterocycles. The number of hydrogen-bond acceptors (Lipinski definition) is 4. The molecule has 1 heterocycles. The monoisotopic (exact) mass is 355 g/mol. The molecule has 1 atom stereocenters. The number of para-hydroxylation sites is 1. The summed E-state index contributed by atoms with van der Waals surface area (Å²) >= 11 is 0. The topological polar surface area (TPSA) is 48.0 Å². The molecule has 0 N–H and O–H groups in total. The number of carbonyl (C=O) groups excluding carboxylic acids is 1. The van der Waals surface area contributed by atoms with Crippen LogP contribution in [0.1, 0.15) is 30.0 Å². The minimum Gasteiger partial charge on any atom is -0.497 e. The summed E-state index contributed by atoms with van der Waals surface area (Å²) < 4.78 is 16.5. The zero-order valence-corrected chi connectivity index (χ0v) is 15.5. The van der Waals surface area contributed by atoms with Crippen LogP contribution in [0, 0.1) is 6.92 Å². The van der Waals surface area contributed by atoms with E-state index in [4.69, 9.17) is 14.2 Å². The van der Waals surface area contributed by atoms with Gasteiger partial charge in [0.15, 0.2) is 6.61 Å². The summed E-state index contributed by atoms with van der Waals surface area (Å²) in [7, 11) is 3.27. The highest BCUT2D eigenvalue weighted by Crippen LogP contribution is 2.38. The Morgan fingerprint density at radius 3 is 2.65 bits per heavy atom. The summed E-state index contributed by atoms with van der Waals surface area (Å²) in [4.78, 5) is 14.7. The maximum absolute atomic E-state index is 12.8. The van der Waals surface area contributed by atoms with Gasteiger partial charge in [-0.25, -0.2) is 0 Å². The fourth-order valence-corrected chi connectivity index (χ4v) is 3.42. The molecule has 0 spiro atoms. The van der Waals surface area contributed by atoms with E-state index in [0.717, 1.165) is 47.8 Å². The third-order valence-electron chi connectivity index (χ3n) is 4.82. The van der Waals surface area contributed by atoms with Crippen LogP contribution in [0.5, 0.6) is 17.2 Å². The largest absolute Gasteiger partial charge is 0.497 e. The number of likely N-dealkylation sites (tertiary alicyclic amines) is 1. The van der Waals surface area contributed by atoms with Gasteiger partial charge in [-0.05, 0) is 43.5 Å². The predicted molar refractivity (Wildman–Crippen MR) is 99.9 cm³/mol. The highest BCUT2D eigenvalue weighted by Gasteiger charge is 2.32. The Bertz CT molecular complexity index is 774. The first-order valence-electron chi connectivity index (χ1n) is 8.84. The molecule has 0 aliphatic carbocycles. The number of carbonyl (C=O) groups is 1. The number of nitrogens with zero attached hydrogens (tertiary/aromatic N) is 1. The van der Waals surface area contributed by atoms with Gasteiger partial charge in [0.25, 0.3) is 5.91 Å². The summed E-state index contributed by atoms with van der Waals surface area (Å²) in [5.41, 5.74) is 2.03. The molecule has 138 valence electrons. The van der Waals surface area contributed by atoms with E-state index in [9.17, 15) is 4.79 Å². The second-order valence-electron chi connectivity index (χ2n) is 6.41. The average Bonchev–Trinajstić information content (AvgIpc) is 3.16. The number of hydrogen-bond donors (Lipinski definition) is 0. The van der Waals surface area contributed by atoms with Crippen molar-refractivity contribution in [2.75, 3.05) is 27.4 Å². The van der Waals surface area contributed by atoms with Crippen molar-refractivity contribution in [3.05, 3.63) is 53.6 Å². The third kappa shape index (κ3) is 3.77. The molecule has 0 aromatic heterocycles. The van der Waals surface area contributed by atoms with Gasteiger partial charge in [0.05, 0.1) is 20.3 Å². The molecule has 1 saturated heterocycles. The standard InChI is InChI=1S/C21H25NO4/c1-15-7-4-5-9-19(15)26-14-21(23)22-12-6-8-18(22)17-11-10-16(24-2)13-20(17)25-3/h4-5,7,9-11,13,18H,6,8,12,14H2,1-3H3/t18-/m1/s1. The zero-order valence-electron chi connectivity index (χ0n) is 15.5. The number of amides is 1. The molecule has 0 unspecified atom stereocenters. The van der Waals surface area contributed by atoms with E-state index in [-0.39, 0.29) is 18.6 Å². The van der Waals surface area contributed by atoms with Gasteiger partial charge >= 0.3 is 0 Å². The lowest BCUT2D eigenvalue weighted by atomic mass is 10.0. The number of benzene rings is 2. The van der Waals surface area contributed by atoms with Gasteiger partial charge in [0, 0.05) is 18.2 Å². The van der Waals surface area contributed by atoms with Gasteiger partial charge in [-0.3, -0.25) is 4.79 Å². The van der Waals surface area contributed by atoms with Crippen LogP contribution < -0.4 is 14.2 Å². The first kappa shape index (κ1) is 18.1. The van der Waals surface area contributed by atoms with Gasteiger partial charge < -0.3 is 19.1 Å².